The second kappa shape index (κ2) is 4.80. The minimum atomic E-state index is -3.23. The fourth-order valence-electron chi connectivity index (χ4n) is 2.36. The Kier molecular flexibility index (Phi) is 3.52. The lowest BCUT2D eigenvalue weighted by molar-refractivity contribution is 0.573. The Hall–Kier alpha value is -1.23. The molecule has 0 aliphatic carbocycles. The average molecular weight is 268 g/mol. The molecule has 1 aliphatic heterocycles. The van der Waals surface area contributed by atoms with Crippen molar-refractivity contribution in [2.75, 3.05) is 22.3 Å². The Labute approximate surface area is 109 Å². The third kappa shape index (κ3) is 2.61. The number of nitrogens with two attached hydrogens (primary N) is 1. The molecule has 0 saturated heterocycles. The number of nitrogens with zero attached hydrogens (tertiary/aromatic N) is 1. The van der Waals surface area contributed by atoms with Gasteiger partial charge >= 0.3 is 0 Å². The highest BCUT2D eigenvalue weighted by molar-refractivity contribution is 7.92. The molecule has 100 valence electrons. The minimum Gasteiger partial charge on any atom is -0.399 e. The van der Waals surface area contributed by atoms with Crippen molar-refractivity contribution in [2.24, 2.45) is 5.92 Å². The first-order valence-corrected chi connectivity index (χ1v) is 7.90. The van der Waals surface area contributed by atoms with E-state index in [4.69, 9.17) is 5.73 Å². The molecular weight excluding hydrogens is 248 g/mol. The maximum Gasteiger partial charge on any atom is 0.235 e. The lowest BCUT2D eigenvalue weighted by Gasteiger charge is -2.31. The smallest absolute Gasteiger partial charge is 0.235 e. The van der Waals surface area contributed by atoms with Gasteiger partial charge in [-0.25, -0.2) is 8.42 Å². The van der Waals surface area contributed by atoms with Crippen molar-refractivity contribution in [3.05, 3.63) is 23.8 Å². The lowest BCUT2D eigenvalue weighted by Crippen LogP contribution is -2.38. The number of hydrogen-bond donors (Lipinski definition) is 1. The van der Waals surface area contributed by atoms with E-state index in [-0.39, 0.29) is 11.7 Å². The highest BCUT2D eigenvalue weighted by Crippen LogP contribution is 2.31. The van der Waals surface area contributed by atoms with Crippen molar-refractivity contribution < 1.29 is 8.42 Å². The first-order valence-electron chi connectivity index (χ1n) is 6.29. The molecule has 0 radical (unpaired) electrons. The van der Waals surface area contributed by atoms with E-state index in [1.54, 1.807) is 6.07 Å². The minimum absolute atomic E-state index is 0.126. The Morgan fingerprint density at radius 3 is 2.78 bits per heavy atom. The molecule has 2 N–H and O–H groups in total. The Balaban J connectivity index is 2.41. The zero-order chi connectivity index (χ0) is 13.3. The summed E-state index contributed by atoms with van der Waals surface area (Å²) in [5.41, 5.74) is 8.22. The van der Waals surface area contributed by atoms with Gasteiger partial charge in [-0.05, 0) is 36.5 Å². The van der Waals surface area contributed by atoms with Crippen LogP contribution in [0.5, 0.6) is 0 Å². The lowest BCUT2D eigenvalue weighted by atomic mass is 10.0. The summed E-state index contributed by atoms with van der Waals surface area (Å²) >= 11 is 0. The summed E-state index contributed by atoms with van der Waals surface area (Å²) in [5.74, 6) is 0.308. The highest BCUT2D eigenvalue weighted by atomic mass is 32.2. The van der Waals surface area contributed by atoms with Crippen LogP contribution in [-0.4, -0.2) is 20.7 Å². The van der Waals surface area contributed by atoms with Crippen molar-refractivity contribution >= 4 is 21.4 Å². The topological polar surface area (TPSA) is 63.4 Å². The fraction of sp³-hybridized carbons (Fsp3) is 0.538. The van der Waals surface area contributed by atoms with Crippen LogP contribution in [0.3, 0.4) is 0 Å². The van der Waals surface area contributed by atoms with E-state index in [0.717, 1.165) is 24.1 Å². The summed E-state index contributed by atoms with van der Waals surface area (Å²) in [4.78, 5) is 0. The van der Waals surface area contributed by atoms with E-state index in [2.05, 4.69) is 0 Å². The molecule has 2 rings (SSSR count). The predicted molar refractivity (Wildman–Crippen MR) is 75.1 cm³/mol. The molecule has 0 fully saturated rings. The molecule has 1 heterocycles. The molecule has 18 heavy (non-hydrogen) atoms. The molecule has 0 saturated carbocycles. The number of nitrogen functional groups attached to an aromatic ring is 1. The van der Waals surface area contributed by atoms with E-state index >= 15 is 0 Å². The molecular formula is C13H20N2O2S. The molecule has 0 aromatic heterocycles. The van der Waals surface area contributed by atoms with Gasteiger partial charge in [0.05, 0.1) is 11.4 Å². The number of rotatable bonds is 3. The Bertz CT molecular complexity index is 538. The van der Waals surface area contributed by atoms with Gasteiger partial charge in [-0.15, -0.1) is 0 Å². The summed E-state index contributed by atoms with van der Waals surface area (Å²) in [6.07, 6.45) is 1.79. The normalized spacial score (nSPS) is 15.8. The van der Waals surface area contributed by atoms with Crippen LogP contribution in [0.2, 0.25) is 0 Å². The number of anilines is 2. The standard InChI is InChI=1S/C13H20N2O2S/c1-10(2)9-18(16,17)15-7-3-4-11-5-6-12(14)8-13(11)15/h5-6,8,10H,3-4,7,9,14H2,1-2H3. The summed E-state index contributed by atoms with van der Waals surface area (Å²) in [5, 5.41) is 0. The maximum atomic E-state index is 12.4. The Morgan fingerprint density at radius 1 is 1.39 bits per heavy atom. The second-order valence-corrected chi connectivity index (χ2v) is 7.17. The average Bonchev–Trinajstić information content (AvgIpc) is 2.26. The molecule has 1 aliphatic rings. The van der Waals surface area contributed by atoms with Crippen LogP contribution in [-0.2, 0) is 16.4 Å². The maximum absolute atomic E-state index is 12.4. The summed E-state index contributed by atoms with van der Waals surface area (Å²) in [7, 11) is -3.23. The van der Waals surface area contributed by atoms with Crippen LogP contribution in [0.15, 0.2) is 18.2 Å². The molecule has 0 atom stereocenters. The third-order valence-corrected chi connectivity index (χ3v) is 5.20. The van der Waals surface area contributed by atoms with Crippen LogP contribution in [0.4, 0.5) is 11.4 Å². The van der Waals surface area contributed by atoms with Gasteiger partial charge < -0.3 is 5.73 Å². The summed E-state index contributed by atoms with van der Waals surface area (Å²) < 4.78 is 26.2. The zero-order valence-corrected chi connectivity index (χ0v) is 11.7. The molecule has 0 spiro atoms. The highest BCUT2D eigenvalue weighted by Gasteiger charge is 2.28. The molecule has 0 amide bonds. The number of sulfonamides is 1. The van der Waals surface area contributed by atoms with Crippen LogP contribution in [0.1, 0.15) is 25.8 Å². The fourth-order valence-corrected chi connectivity index (χ4v) is 4.26. The van der Waals surface area contributed by atoms with Crippen LogP contribution in [0, 0.1) is 5.92 Å². The van der Waals surface area contributed by atoms with Crippen molar-refractivity contribution in [1.29, 1.82) is 0 Å². The van der Waals surface area contributed by atoms with Crippen molar-refractivity contribution in [3.63, 3.8) is 0 Å². The number of fused-ring (bicyclic) bond motifs is 1. The molecule has 0 bridgehead atoms. The van der Waals surface area contributed by atoms with Gasteiger partial charge in [-0.3, -0.25) is 4.31 Å². The van der Waals surface area contributed by atoms with Gasteiger partial charge in [0.1, 0.15) is 0 Å². The van der Waals surface area contributed by atoms with Crippen molar-refractivity contribution in [1.82, 2.24) is 0 Å². The van der Waals surface area contributed by atoms with Crippen molar-refractivity contribution in [2.45, 2.75) is 26.7 Å². The van der Waals surface area contributed by atoms with E-state index in [1.165, 1.54) is 4.31 Å². The number of aryl methyl sites for hydroxylation is 1. The van der Waals surface area contributed by atoms with Crippen LogP contribution < -0.4 is 10.0 Å². The summed E-state index contributed by atoms with van der Waals surface area (Å²) in [6.45, 7) is 4.40. The van der Waals surface area contributed by atoms with E-state index in [0.29, 0.717) is 12.2 Å². The largest absolute Gasteiger partial charge is 0.399 e. The van der Waals surface area contributed by atoms with Crippen molar-refractivity contribution in [3.8, 4) is 0 Å². The first-order chi connectivity index (χ1) is 8.40. The molecule has 1 aromatic carbocycles. The summed E-state index contributed by atoms with van der Waals surface area (Å²) in [6, 6.07) is 5.53. The van der Waals surface area contributed by atoms with Gasteiger partial charge in [0.15, 0.2) is 0 Å². The Morgan fingerprint density at radius 2 is 2.11 bits per heavy atom. The van der Waals surface area contributed by atoms with Gasteiger partial charge in [0.2, 0.25) is 10.0 Å². The third-order valence-electron chi connectivity index (χ3n) is 3.07. The molecule has 5 heteroatoms. The van der Waals surface area contributed by atoms with Crippen LogP contribution >= 0.6 is 0 Å². The van der Waals surface area contributed by atoms with Gasteiger partial charge in [-0.2, -0.15) is 0 Å². The van der Waals surface area contributed by atoms with E-state index < -0.39 is 10.0 Å². The van der Waals surface area contributed by atoms with Gasteiger partial charge in [-0.1, -0.05) is 19.9 Å². The van der Waals surface area contributed by atoms with Crippen LogP contribution in [0.25, 0.3) is 0 Å². The quantitative estimate of drug-likeness (QED) is 0.853. The molecule has 1 aromatic rings. The first kappa shape index (κ1) is 13.2. The van der Waals surface area contributed by atoms with E-state index in [9.17, 15) is 8.42 Å². The number of benzene rings is 1. The molecule has 0 unspecified atom stereocenters. The van der Waals surface area contributed by atoms with Gasteiger partial charge in [0, 0.05) is 12.2 Å². The van der Waals surface area contributed by atoms with E-state index in [1.807, 2.05) is 26.0 Å². The SMILES string of the molecule is CC(C)CS(=O)(=O)N1CCCc2ccc(N)cc21. The van der Waals surface area contributed by atoms with Gasteiger partial charge in [0.25, 0.3) is 0 Å². The molecule has 4 nitrogen and oxygen atoms in total. The monoisotopic (exact) mass is 268 g/mol. The zero-order valence-electron chi connectivity index (χ0n) is 10.9. The number of hydrogen-bond acceptors (Lipinski definition) is 3. The predicted octanol–water partition coefficient (Wildman–Crippen LogP) is 2.01. The second-order valence-electron chi connectivity index (χ2n) is 5.24.